The molecule has 6 nitrogen and oxygen atoms in total. The fraction of sp³-hybridized carbons (Fsp3) is 0.400. The fourth-order valence-electron chi connectivity index (χ4n) is 3.06. The number of likely N-dealkylation sites (tertiary alicyclic amines) is 1. The Hall–Kier alpha value is -2.60. The van der Waals surface area contributed by atoms with E-state index in [0.717, 1.165) is 19.6 Å². The highest BCUT2D eigenvalue weighted by molar-refractivity contribution is 5.96. The Labute approximate surface area is 153 Å². The van der Waals surface area contributed by atoms with Crippen LogP contribution in [0.15, 0.2) is 47.1 Å². The van der Waals surface area contributed by atoms with Crippen LogP contribution in [0, 0.1) is 0 Å². The minimum Gasteiger partial charge on any atom is -0.467 e. The summed E-state index contributed by atoms with van der Waals surface area (Å²) in [5.41, 5.74) is 1.77. The number of carbonyl (C=O) groups excluding carboxylic acids is 2. The van der Waals surface area contributed by atoms with Crippen LogP contribution in [0.2, 0.25) is 0 Å². The molecule has 0 spiro atoms. The zero-order valence-corrected chi connectivity index (χ0v) is 14.9. The molecule has 0 bridgehead atoms. The monoisotopic (exact) mass is 355 g/mol. The molecule has 2 aromatic rings. The first kappa shape index (κ1) is 18.2. The topological polar surface area (TPSA) is 74.6 Å². The van der Waals surface area contributed by atoms with Crippen LogP contribution in [0.1, 0.15) is 40.9 Å². The summed E-state index contributed by atoms with van der Waals surface area (Å²) >= 11 is 0. The smallest absolute Gasteiger partial charge is 0.251 e. The van der Waals surface area contributed by atoms with Crippen LogP contribution in [-0.4, -0.2) is 36.3 Å². The first-order valence-corrected chi connectivity index (χ1v) is 9.09. The number of hydrogen-bond donors (Lipinski definition) is 2. The second-order valence-corrected chi connectivity index (χ2v) is 6.57. The largest absolute Gasteiger partial charge is 0.467 e. The average Bonchev–Trinajstić information content (AvgIpc) is 3.19. The van der Waals surface area contributed by atoms with Gasteiger partial charge in [0.05, 0.1) is 19.4 Å². The highest BCUT2D eigenvalue weighted by atomic mass is 16.3. The van der Waals surface area contributed by atoms with E-state index in [9.17, 15) is 9.59 Å². The summed E-state index contributed by atoms with van der Waals surface area (Å²) < 4.78 is 5.14. The van der Waals surface area contributed by atoms with Gasteiger partial charge in [0, 0.05) is 12.1 Å². The van der Waals surface area contributed by atoms with Crippen LogP contribution in [-0.2, 0) is 17.9 Å². The van der Waals surface area contributed by atoms with Crippen molar-refractivity contribution in [1.82, 2.24) is 15.5 Å². The molecule has 1 fully saturated rings. The summed E-state index contributed by atoms with van der Waals surface area (Å²) in [4.78, 5) is 26.4. The highest BCUT2D eigenvalue weighted by Gasteiger charge is 2.12. The van der Waals surface area contributed by atoms with Gasteiger partial charge >= 0.3 is 0 Å². The molecule has 1 aliphatic rings. The van der Waals surface area contributed by atoms with E-state index in [1.807, 2.05) is 24.3 Å². The molecule has 1 aromatic heterocycles. The minimum atomic E-state index is -0.253. The molecule has 2 N–H and O–H groups in total. The van der Waals surface area contributed by atoms with Crippen LogP contribution < -0.4 is 10.6 Å². The molecule has 0 aliphatic carbocycles. The third-order valence-electron chi connectivity index (χ3n) is 4.52. The number of piperidine rings is 1. The Morgan fingerprint density at radius 1 is 1.00 bits per heavy atom. The lowest BCUT2D eigenvalue weighted by Gasteiger charge is -2.26. The van der Waals surface area contributed by atoms with Gasteiger partial charge in [0.2, 0.25) is 5.91 Å². The standard InChI is InChI=1S/C20H25N3O3/c24-19(21-13-18-5-4-12-26-18)14-22-20(25)17-8-6-16(7-9-17)15-23-10-2-1-3-11-23/h4-9,12H,1-3,10-11,13-15H2,(H,21,24)(H,22,25). The summed E-state index contributed by atoms with van der Waals surface area (Å²) in [5.74, 6) is 0.174. The van der Waals surface area contributed by atoms with E-state index in [0.29, 0.717) is 17.9 Å². The molecular weight excluding hydrogens is 330 g/mol. The molecule has 26 heavy (non-hydrogen) atoms. The number of nitrogens with one attached hydrogen (secondary N) is 2. The number of carbonyl (C=O) groups is 2. The lowest BCUT2D eigenvalue weighted by molar-refractivity contribution is -0.120. The molecule has 6 heteroatoms. The second-order valence-electron chi connectivity index (χ2n) is 6.57. The molecule has 3 rings (SSSR count). The predicted molar refractivity (Wildman–Crippen MR) is 98.5 cm³/mol. The maximum atomic E-state index is 12.2. The van der Waals surface area contributed by atoms with Crippen LogP contribution in [0.25, 0.3) is 0 Å². The van der Waals surface area contributed by atoms with Crippen molar-refractivity contribution in [3.8, 4) is 0 Å². The SMILES string of the molecule is O=C(CNC(=O)c1ccc(CN2CCCCC2)cc1)NCc1ccco1. The summed E-state index contributed by atoms with van der Waals surface area (Å²) in [7, 11) is 0. The molecule has 138 valence electrons. The number of furan rings is 1. The molecular formula is C20H25N3O3. The average molecular weight is 355 g/mol. The van der Waals surface area contributed by atoms with Crippen molar-refractivity contribution in [3.05, 3.63) is 59.5 Å². The molecule has 0 atom stereocenters. The van der Waals surface area contributed by atoms with Crippen molar-refractivity contribution in [1.29, 1.82) is 0 Å². The van der Waals surface area contributed by atoms with Gasteiger partial charge in [-0.1, -0.05) is 18.6 Å². The van der Waals surface area contributed by atoms with Gasteiger partial charge in [-0.2, -0.15) is 0 Å². The van der Waals surface area contributed by atoms with Gasteiger partial charge in [-0.15, -0.1) is 0 Å². The molecule has 0 saturated carbocycles. The van der Waals surface area contributed by atoms with E-state index in [4.69, 9.17) is 4.42 Å². The molecule has 0 radical (unpaired) electrons. The van der Waals surface area contributed by atoms with Gasteiger partial charge in [-0.3, -0.25) is 14.5 Å². The lowest BCUT2D eigenvalue weighted by atomic mass is 10.1. The van der Waals surface area contributed by atoms with Gasteiger partial charge in [0.15, 0.2) is 0 Å². The number of amides is 2. The quantitative estimate of drug-likeness (QED) is 0.799. The second kappa shape index (κ2) is 9.20. The van der Waals surface area contributed by atoms with Crippen LogP contribution in [0.4, 0.5) is 0 Å². The first-order chi connectivity index (χ1) is 12.7. The Morgan fingerprint density at radius 3 is 2.46 bits per heavy atom. The van der Waals surface area contributed by atoms with Crippen molar-refractivity contribution in [3.63, 3.8) is 0 Å². The maximum absolute atomic E-state index is 12.2. The maximum Gasteiger partial charge on any atom is 0.251 e. The number of nitrogens with zero attached hydrogens (tertiary/aromatic N) is 1. The predicted octanol–water partition coefficient (Wildman–Crippen LogP) is 2.31. The van der Waals surface area contributed by atoms with Crippen molar-refractivity contribution in [2.45, 2.75) is 32.4 Å². The van der Waals surface area contributed by atoms with Gasteiger partial charge in [0.1, 0.15) is 5.76 Å². The van der Waals surface area contributed by atoms with Crippen LogP contribution in [0.3, 0.4) is 0 Å². The molecule has 1 aromatic carbocycles. The molecule has 1 aliphatic heterocycles. The Morgan fingerprint density at radius 2 is 1.77 bits per heavy atom. The van der Waals surface area contributed by atoms with Crippen molar-refractivity contribution in [2.24, 2.45) is 0 Å². The third-order valence-corrected chi connectivity index (χ3v) is 4.52. The van der Waals surface area contributed by atoms with E-state index in [2.05, 4.69) is 15.5 Å². The highest BCUT2D eigenvalue weighted by Crippen LogP contribution is 2.13. The zero-order valence-electron chi connectivity index (χ0n) is 14.9. The third kappa shape index (κ3) is 5.46. The number of rotatable bonds is 7. The molecule has 1 saturated heterocycles. The fourth-order valence-corrected chi connectivity index (χ4v) is 3.06. The Bertz CT molecular complexity index is 704. The minimum absolute atomic E-state index is 0.0604. The first-order valence-electron chi connectivity index (χ1n) is 9.09. The van der Waals surface area contributed by atoms with Crippen LogP contribution >= 0.6 is 0 Å². The van der Waals surface area contributed by atoms with E-state index in [1.54, 1.807) is 18.4 Å². The number of hydrogen-bond acceptors (Lipinski definition) is 4. The summed E-state index contributed by atoms with van der Waals surface area (Å²) in [6.45, 7) is 3.48. The van der Waals surface area contributed by atoms with E-state index >= 15 is 0 Å². The molecule has 2 heterocycles. The van der Waals surface area contributed by atoms with E-state index in [1.165, 1.54) is 24.8 Å². The van der Waals surface area contributed by atoms with Crippen molar-refractivity contribution < 1.29 is 14.0 Å². The Balaban J connectivity index is 1.41. The van der Waals surface area contributed by atoms with E-state index < -0.39 is 0 Å². The summed E-state index contributed by atoms with van der Waals surface area (Å²) in [5, 5.41) is 5.33. The van der Waals surface area contributed by atoms with Crippen molar-refractivity contribution in [2.75, 3.05) is 19.6 Å². The molecule has 2 amide bonds. The van der Waals surface area contributed by atoms with Gasteiger partial charge in [0.25, 0.3) is 5.91 Å². The normalized spacial score (nSPS) is 14.8. The zero-order chi connectivity index (χ0) is 18.2. The number of benzene rings is 1. The lowest BCUT2D eigenvalue weighted by Crippen LogP contribution is -2.36. The van der Waals surface area contributed by atoms with Gasteiger partial charge < -0.3 is 15.1 Å². The summed E-state index contributed by atoms with van der Waals surface area (Å²) in [6, 6.07) is 11.1. The van der Waals surface area contributed by atoms with E-state index in [-0.39, 0.29) is 18.4 Å². The Kier molecular flexibility index (Phi) is 6.44. The van der Waals surface area contributed by atoms with Gasteiger partial charge in [-0.25, -0.2) is 0 Å². The molecule has 0 unspecified atom stereocenters. The van der Waals surface area contributed by atoms with Crippen LogP contribution in [0.5, 0.6) is 0 Å². The summed E-state index contributed by atoms with van der Waals surface area (Å²) in [6.07, 6.45) is 5.41. The van der Waals surface area contributed by atoms with Crippen molar-refractivity contribution >= 4 is 11.8 Å². The van der Waals surface area contributed by atoms with Gasteiger partial charge in [-0.05, 0) is 55.8 Å².